The SMILES string of the molecule is Cn1cncc1-c1nc(C(=O)NC2CCN(c3ncccn3)CC2)cc(C(F)(F)F)n1. The first-order valence-corrected chi connectivity index (χ1v) is 9.57. The van der Waals surface area contributed by atoms with Gasteiger partial charge in [-0.05, 0) is 18.9 Å². The van der Waals surface area contributed by atoms with Crippen molar-refractivity contribution in [3.8, 4) is 11.5 Å². The summed E-state index contributed by atoms with van der Waals surface area (Å²) < 4.78 is 41.5. The van der Waals surface area contributed by atoms with Crippen LogP contribution < -0.4 is 10.2 Å². The van der Waals surface area contributed by atoms with E-state index < -0.39 is 17.8 Å². The summed E-state index contributed by atoms with van der Waals surface area (Å²) in [5.74, 6) is -0.277. The Bertz CT molecular complexity index is 1060. The van der Waals surface area contributed by atoms with E-state index in [-0.39, 0.29) is 23.3 Å². The molecule has 0 bridgehead atoms. The van der Waals surface area contributed by atoms with E-state index in [0.29, 0.717) is 37.9 Å². The fraction of sp³-hybridized carbons (Fsp3) is 0.368. The second-order valence-corrected chi connectivity index (χ2v) is 7.13. The van der Waals surface area contributed by atoms with Crippen molar-refractivity contribution in [3.05, 3.63) is 48.4 Å². The number of halogens is 3. The lowest BCUT2D eigenvalue weighted by Crippen LogP contribution is -2.45. The second-order valence-electron chi connectivity index (χ2n) is 7.13. The third kappa shape index (κ3) is 4.62. The number of piperidine rings is 1. The number of nitrogens with zero attached hydrogens (tertiary/aromatic N) is 7. The zero-order valence-electron chi connectivity index (χ0n) is 16.5. The molecular weight excluding hydrogens is 413 g/mol. The molecule has 0 spiro atoms. The Kier molecular flexibility index (Phi) is 5.53. The molecule has 31 heavy (non-hydrogen) atoms. The second kappa shape index (κ2) is 8.28. The number of amides is 1. The zero-order valence-corrected chi connectivity index (χ0v) is 16.5. The van der Waals surface area contributed by atoms with Crippen LogP contribution in [-0.4, -0.2) is 54.5 Å². The molecule has 3 aromatic heterocycles. The Balaban J connectivity index is 1.50. The van der Waals surface area contributed by atoms with Crippen molar-refractivity contribution in [2.45, 2.75) is 25.1 Å². The molecule has 0 radical (unpaired) electrons. The quantitative estimate of drug-likeness (QED) is 0.674. The van der Waals surface area contributed by atoms with Crippen LogP contribution >= 0.6 is 0 Å². The van der Waals surface area contributed by atoms with Gasteiger partial charge in [0.25, 0.3) is 5.91 Å². The summed E-state index contributed by atoms with van der Waals surface area (Å²) in [7, 11) is 1.61. The highest BCUT2D eigenvalue weighted by Crippen LogP contribution is 2.29. The fourth-order valence-corrected chi connectivity index (χ4v) is 3.33. The molecule has 162 valence electrons. The molecule has 9 nitrogen and oxygen atoms in total. The predicted molar refractivity (Wildman–Crippen MR) is 104 cm³/mol. The monoisotopic (exact) mass is 432 g/mol. The Morgan fingerprint density at radius 3 is 2.48 bits per heavy atom. The number of anilines is 1. The third-order valence-electron chi connectivity index (χ3n) is 4.96. The topological polar surface area (TPSA) is 102 Å². The van der Waals surface area contributed by atoms with Crippen molar-refractivity contribution in [2.75, 3.05) is 18.0 Å². The maximum Gasteiger partial charge on any atom is 0.433 e. The number of aromatic nitrogens is 6. The Morgan fingerprint density at radius 2 is 1.87 bits per heavy atom. The summed E-state index contributed by atoms with van der Waals surface area (Å²) in [6, 6.07) is 2.20. The van der Waals surface area contributed by atoms with E-state index in [0.717, 1.165) is 0 Å². The van der Waals surface area contributed by atoms with E-state index in [1.807, 2.05) is 4.90 Å². The van der Waals surface area contributed by atoms with Gasteiger partial charge >= 0.3 is 6.18 Å². The number of alkyl halides is 3. The van der Waals surface area contributed by atoms with Gasteiger partial charge in [-0.3, -0.25) is 4.79 Å². The summed E-state index contributed by atoms with van der Waals surface area (Å²) >= 11 is 0. The molecule has 0 aliphatic carbocycles. The fourth-order valence-electron chi connectivity index (χ4n) is 3.33. The number of carbonyl (C=O) groups excluding carboxylic acids is 1. The van der Waals surface area contributed by atoms with Gasteiger partial charge in [0.15, 0.2) is 5.82 Å². The standard InChI is InChI=1S/C19H19F3N8O/c1-29-11-23-10-14(29)16-27-13(9-15(28-16)19(20,21)22)17(31)26-12-3-7-30(8-4-12)18-24-5-2-6-25-18/h2,5-6,9-12H,3-4,7-8H2,1H3,(H,26,31). The molecule has 0 saturated carbocycles. The molecule has 1 fully saturated rings. The van der Waals surface area contributed by atoms with E-state index in [1.165, 1.54) is 17.1 Å². The highest BCUT2D eigenvalue weighted by Gasteiger charge is 2.35. The molecule has 12 heteroatoms. The van der Waals surface area contributed by atoms with Gasteiger partial charge in [-0.1, -0.05) is 0 Å². The molecule has 1 saturated heterocycles. The van der Waals surface area contributed by atoms with Crippen molar-refractivity contribution in [3.63, 3.8) is 0 Å². The first-order chi connectivity index (χ1) is 14.8. The average Bonchev–Trinajstić information content (AvgIpc) is 3.20. The summed E-state index contributed by atoms with van der Waals surface area (Å²) in [6.07, 6.45) is 2.58. The summed E-state index contributed by atoms with van der Waals surface area (Å²) in [6.45, 7) is 1.24. The first kappa shape index (κ1) is 20.7. The maximum absolute atomic E-state index is 13.4. The molecular formula is C19H19F3N8O. The van der Waals surface area contributed by atoms with Crippen LogP contribution in [0.15, 0.2) is 37.1 Å². The van der Waals surface area contributed by atoms with Crippen LogP contribution in [0.3, 0.4) is 0 Å². The lowest BCUT2D eigenvalue weighted by atomic mass is 10.1. The number of nitrogens with one attached hydrogen (secondary N) is 1. The number of carbonyl (C=O) groups is 1. The lowest BCUT2D eigenvalue weighted by molar-refractivity contribution is -0.141. The molecule has 3 aromatic rings. The van der Waals surface area contributed by atoms with Gasteiger partial charge in [0, 0.05) is 44.6 Å². The van der Waals surface area contributed by atoms with Crippen LogP contribution in [0.5, 0.6) is 0 Å². The minimum absolute atomic E-state index is 0.197. The Labute approximate surface area is 175 Å². The van der Waals surface area contributed by atoms with Crippen molar-refractivity contribution in [1.29, 1.82) is 0 Å². The third-order valence-corrected chi connectivity index (χ3v) is 4.96. The first-order valence-electron chi connectivity index (χ1n) is 9.57. The molecule has 1 aliphatic heterocycles. The Morgan fingerprint density at radius 1 is 1.16 bits per heavy atom. The number of hydrogen-bond acceptors (Lipinski definition) is 7. The van der Waals surface area contributed by atoms with Crippen molar-refractivity contribution < 1.29 is 18.0 Å². The van der Waals surface area contributed by atoms with Crippen LogP contribution in [0, 0.1) is 0 Å². The molecule has 1 amide bonds. The van der Waals surface area contributed by atoms with Gasteiger partial charge in [-0.2, -0.15) is 13.2 Å². The lowest BCUT2D eigenvalue weighted by Gasteiger charge is -2.32. The average molecular weight is 432 g/mol. The normalized spacial score (nSPS) is 15.2. The van der Waals surface area contributed by atoms with E-state index >= 15 is 0 Å². The Hall–Kier alpha value is -3.57. The van der Waals surface area contributed by atoms with Crippen LogP contribution in [0.25, 0.3) is 11.5 Å². The van der Waals surface area contributed by atoms with Gasteiger partial charge in [0.1, 0.15) is 17.1 Å². The highest BCUT2D eigenvalue weighted by atomic mass is 19.4. The largest absolute Gasteiger partial charge is 0.433 e. The van der Waals surface area contributed by atoms with Crippen LogP contribution in [-0.2, 0) is 13.2 Å². The van der Waals surface area contributed by atoms with Crippen LogP contribution in [0.2, 0.25) is 0 Å². The van der Waals surface area contributed by atoms with Crippen LogP contribution in [0.1, 0.15) is 29.0 Å². The number of rotatable bonds is 4. The molecule has 1 N–H and O–H groups in total. The highest BCUT2D eigenvalue weighted by molar-refractivity contribution is 5.93. The smallest absolute Gasteiger partial charge is 0.348 e. The van der Waals surface area contributed by atoms with Gasteiger partial charge < -0.3 is 14.8 Å². The van der Waals surface area contributed by atoms with Gasteiger partial charge in [0.2, 0.25) is 5.95 Å². The molecule has 4 heterocycles. The maximum atomic E-state index is 13.4. The van der Waals surface area contributed by atoms with E-state index in [1.54, 1.807) is 25.5 Å². The summed E-state index contributed by atoms with van der Waals surface area (Å²) in [4.78, 5) is 34.7. The minimum atomic E-state index is -4.72. The summed E-state index contributed by atoms with van der Waals surface area (Å²) in [5.41, 5.74) is -1.25. The van der Waals surface area contributed by atoms with Crippen molar-refractivity contribution in [2.24, 2.45) is 7.05 Å². The number of hydrogen-bond donors (Lipinski definition) is 1. The molecule has 0 atom stereocenters. The molecule has 4 rings (SSSR count). The minimum Gasteiger partial charge on any atom is -0.348 e. The molecule has 0 unspecified atom stereocenters. The molecule has 1 aliphatic rings. The van der Waals surface area contributed by atoms with Crippen molar-refractivity contribution >= 4 is 11.9 Å². The van der Waals surface area contributed by atoms with E-state index in [2.05, 4.69) is 30.2 Å². The predicted octanol–water partition coefficient (Wildman–Crippen LogP) is 2.08. The van der Waals surface area contributed by atoms with E-state index in [9.17, 15) is 18.0 Å². The van der Waals surface area contributed by atoms with Gasteiger partial charge in [-0.15, -0.1) is 0 Å². The van der Waals surface area contributed by atoms with Crippen molar-refractivity contribution in [1.82, 2.24) is 34.8 Å². The van der Waals surface area contributed by atoms with E-state index in [4.69, 9.17) is 0 Å². The zero-order chi connectivity index (χ0) is 22.0. The van der Waals surface area contributed by atoms with Gasteiger partial charge in [0.05, 0.1) is 12.5 Å². The van der Waals surface area contributed by atoms with Crippen LogP contribution in [0.4, 0.5) is 19.1 Å². The number of imidazole rings is 1. The summed E-state index contributed by atoms with van der Waals surface area (Å²) in [5, 5.41) is 2.79. The number of aryl methyl sites for hydroxylation is 1. The van der Waals surface area contributed by atoms with Gasteiger partial charge in [-0.25, -0.2) is 24.9 Å². The molecule has 0 aromatic carbocycles.